The fourth-order valence-electron chi connectivity index (χ4n) is 2.48. The number of likely N-dealkylation sites (N-methyl/N-ethyl adjacent to an activating group) is 2. The molecule has 1 unspecified atom stereocenters. The lowest BCUT2D eigenvalue weighted by Gasteiger charge is -2.27. The highest BCUT2D eigenvalue weighted by molar-refractivity contribution is 5.57. The molecule has 3 nitrogen and oxygen atoms in total. The number of ether oxygens (including phenoxy) is 1. The van der Waals surface area contributed by atoms with E-state index in [1.54, 1.807) is 7.11 Å². The van der Waals surface area contributed by atoms with Gasteiger partial charge in [0.2, 0.25) is 0 Å². The SMILES string of the molecule is CCNC(CN(C)c1ccccc1OC)C1CC1. The lowest BCUT2D eigenvalue weighted by molar-refractivity contribution is 0.412. The Hall–Kier alpha value is -1.22. The van der Waals surface area contributed by atoms with Crippen molar-refractivity contribution in [1.29, 1.82) is 0 Å². The minimum absolute atomic E-state index is 0.602. The van der Waals surface area contributed by atoms with Gasteiger partial charge in [-0.15, -0.1) is 0 Å². The Morgan fingerprint density at radius 3 is 2.72 bits per heavy atom. The van der Waals surface area contributed by atoms with Crippen LogP contribution in [0.4, 0.5) is 5.69 Å². The summed E-state index contributed by atoms with van der Waals surface area (Å²) in [5.41, 5.74) is 1.17. The molecular formula is C15H24N2O. The summed E-state index contributed by atoms with van der Waals surface area (Å²) in [6.07, 6.45) is 2.74. The van der Waals surface area contributed by atoms with Crippen molar-refractivity contribution >= 4 is 5.69 Å². The van der Waals surface area contributed by atoms with Crippen LogP contribution < -0.4 is 15.0 Å². The average Bonchev–Trinajstić information content (AvgIpc) is 3.22. The van der Waals surface area contributed by atoms with Crippen molar-refractivity contribution in [2.45, 2.75) is 25.8 Å². The van der Waals surface area contributed by atoms with Gasteiger partial charge in [0.05, 0.1) is 12.8 Å². The molecule has 1 saturated carbocycles. The van der Waals surface area contributed by atoms with Gasteiger partial charge in [-0.25, -0.2) is 0 Å². The summed E-state index contributed by atoms with van der Waals surface area (Å²) in [4.78, 5) is 2.30. The zero-order chi connectivity index (χ0) is 13.0. The van der Waals surface area contributed by atoms with Crippen LogP contribution in [0.2, 0.25) is 0 Å². The van der Waals surface area contributed by atoms with Gasteiger partial charge in [0, 0.05) is 19.6 Å². The first-order valence-corrected chi connectivity index (χ1v) is 6.83. The molecule has 0 aromatic heterocycles. The molecule has 2 rings (SSSR count). The van der Waals surface area contributed by atoms with Crippen LogP contribution in [0.5, 0.6) is 5.75 Å². The fraction of sp³-hybridized carbons (Fsp3) is 0.600. The number of rotatable bonds is 7. The third-order valence-corrected chi connectivity index (χ3v) is 3.62. The quantitative estimate of drug-likeness (QED) is 0.802. The molecule has 1 aromatic carbocycles. The Morgan fingerprint density at radius 1 is 1.39 bits per heavy atom. The summed E-state index contributed by atoms with van der Waals surface area (Å²) in [5, 5.41) is 3.60. The Labute approximate surface area is 110 Å². The number of nitrogens with one attached hydrogen (secondary N) is 1. The zero-order valence-corrected chi connectivity index (χ0v) is 11.6. The minimum Gasteiger partial charge on any atom is -0.495 e. The summed E-state index contributed by atoms with van der Waals surface area (Å²) >= 11 is 0. The highest BCUT2D eigenvalue weighted by Crippen LogP contribution is 2.34. The number of benzene rings is 1. The average molecular weight is 248 g/mol. The molecule has 1 fully saturated rings. The first-order chi connectivity index (χ1) is 8.76. The molecule has 1 aliphatic carbocycles. The molecular weight excluding hydrogens is 224 g/mol. The third-order valence-electron chi connectivity index (χ3n) is 3.62. The van der Waals surface area contributed by atoms with E-state index in [1.807, 2.05) is 12.1 Å². The monoisotopic (exact) mass is 248 g/mol. The summed E-state index contributed by atoms with van der Waals surface area (Å²) in [5.74, 6) is 1.81. The van der Waals surface area contributed by atoms with E-state index < -0.39 is 0 Å². The Kier molecular flexibility index (Phi) is 4.48. The van der Waals surface area contributed by atoms with Gasteiger partial charge in [0.15, 0.2) is 0 Å². The summed E-state index contributed by atoms with van der Waals surface area (Å²) in [6.45, 7) is 4.26. The van der Waals surface area contributed by atoms with E-state index in [2.05, 4.69) is 36.3 Å². The maximum absolute atomic E-state index is 5.42. The van der Waals surface area contributed by atoms with E-state index in [4.69, 9.17) is 4.74 Å². The fourth-order valence-corrected chi connectivity index (χ4v) is 2.48. The van der Waals surface area contributed by atoms with Crippen molar-refractivity contribution < 1.29 is 4.74 Å². The Morgan fingerprint density at radius 2 is 2.11 bits per heavy atom. The molecule has 1 N–H and O–H groups in total. The number of hydrogen-bond acceptors (Lipinski definition) is 3. The number of methoxy groups -OCH3 is 1. The van der Waals surface area contributed by atoms with Gasteiger partial charge in [-0.05, 0) is 37.4 Å². The van der Waals surface area contributed by atoms with Crippen molar-refractivity contribution in [3.63, 3.8) is 0 Å². The van der Waals surface area contributed by atoms with Crippen LogP contribution in [0.3, 0.4) is 0 Å². The second-order valence-corrected chi connectivity index (χ2v) is 5.05. The Balaban J connectivity index is 2.03. The molecule has 3 heteroatoms. The molecule has 100 valence electrons. The summed E-state index contributed by atoms with van der Waals surface area (Å²) < 4.78 is 5.42. The van der Waals surface area contributed by atoms with Gasteiger partial charge >= 0.3 is 0 Å². The molecule has 0 aliphatic heterocycles. The molecule has 1 aliphatic rings. The minimum atomic E-state index is 0.602. The lowest BCUT2D eigenvalue weighted by atomic mass is 10.1. The van der Waals surface area contributed by atoms with Crippen molar-refractivity contribution in [3.05, 3.63) is 24.3 Å². The smallest absolute Gasteiger partial charge is 0.142 e. The highest BCUT2D eigenvalue weighted by Gasteiger charge is 2.31. The van der Waals surface area contributed by atoms with Crippen molar-refractivity contribution in [2.75, 3.05) is 32.1 Å². The van der Waals surface area contributed by atoms with Crippen LogP contribution in [0.25, 0.3) is 0 Å². The van der Waals surface area contributed by atoms with Gasteiger partial charge in [-0.3, -0.25) is 0 Å². The first kappa shape index (κ1) is 13.2. The Bertz CT molecular complexity index is 377. The number of nitrogens with zero attached hydrogens (tertiary/aromatic N) is 1. The van der Waals surface area contributed by atoms with Crippen LogP contribution in [0.1, 0.15) is 19.8 Å². The first-order valence-electron chi connectivity index (χ1n) is 6.83. The van der Waals surface area contributed by atoms with Gasteiger partial charge in [-0.1, -0.05) is 19.1 Å². The van der Waals surface area contributed by atoms with E-state index in [0.29, 0.717) is 6.04 Å². The predicted molar refractivity (Wildman–Crippen MR) is 76.5 cm³/mol. The highest BCUT2D eigenvalue weighted by atomic mass is 16.5. The molecule has 0 bridgehead atoms. The van der Waals surface area contributed by atoms with E-state index in [-0.39, 0.29) is 0 Å². The summed E-state index contributed by atoms with van der Waals surface area (Å²) in [7, 11) is 3.87. The van der Waals surface area contributed by atoms with Gasteiger partial charge in [-0.2, -0.15) is 0 Å². The topological polar surface area (TPSA) is 24.5 Å². The van der Waals surface area contributed by atoms with E-state index in [9.17, 15) is 0 Å². The number of anilines is 1. The van der Waals surface area contributed by atoms with Gasteiger partial charge in [0.1, 0.15) is 5.75 Å². The standard InChI is InChI=1S/C15H24N2O/c1-4-16-13(12-9-10-12)11-17(2)14-7-5-6-8-15(14)18-3/h5-8,12-13,16H,4,9-11H2,1-3H3. The van der Waals surface area contributed by atoms with E-state index >= 15 is 0 Å². The number of para-hydroxylation sites is 2. The van der Waals surface area contributed by atoms with E-state index in [1.165, 1.54) is 18.5 Å². The second kappa shape index (κ2) is 6.10. The summed E-state index contributed by atoms with van der Waals surface area (Å²) in [6, 6.07) is 8.82. The lowest BCUT2D eigenvalue weighted by Crippen LogP contribution is -2.41. The molecule has 18 heavy (non-hydrogen) atoms. The maximum atomic E-state index is 5.42. The van der Waals surface area contributed by atoms with Crippen molar-refractivity contribution in [1.82, 2.24) is 5.32 Å². The zero-order valence-electron chi connectivity index (χ0n) is 11.6. The molecule has 1 atom stereocenters. The van der Waals surface area contributed by atoms with Crippen LogP contribution in [0.15, 0.2) is 24.3 Å². The largest absolute Gasteiger partial charge is 0.495 e. The maximum Gasteiger partial charge on any atom is 0.142 e. The molecule has 1 aromatic rings. The van der Waals surface area contributed by atoms with Gasteiger partial charge in [0.25, 0.3) is 0 Å². The molecule has 0 amide bonds. The van der Waals surface area contributed by atoms with E-state index in [0.717, 1.165) is 24.8 Å². The van der Waals surface area contributed by atoms with Crippen LogP contribution in [-0.2, 0) is 0 Å². The molecule has 0 heterocycles. The molecule has 0 radical (unpaired) electrons. The van der Waals surface area contributed by atoms with Crippen molar-refractivity contribution in [3.8, 4) is 5.75 Å². The number of hydrogen-bond donors (Lipinski definition) is 1. The normalized spacial score (nSPS) is 16.4. The van der Waals surface area contributed by atoms with Gasteiger partial charge < -0.3 is 15.0 Å². The van der Waals surface area contributed by atoms with Crippen molar-refractivity contribution in [2.24, 2.45) is 5.92 Å². The van der Waals surface area contributed by atoms with Crippen LogP contribution >= 0.6 is 0 Å². The van der Waals surface area contributed by atoms with Crippen LogP contribution in [-0.4, -0.2) is 33.3 Å². The molecule has 0 saturated heterocycles. The predicted octanol–water partition coefficient (Wildman–Crippen LogP) is 2.52. The second-order valence-electron chi connectivity index (χ2n) is 5.05. The van der Waals surface area contributed by atoms with Crippen LogP contribution in [0, 0.1) is 5.92 Å². The third kappa shape index (κ3) is 3.16. The molecule has 0 spiro atoms.